The maximum absolute atomic E-state index is 5.72. The van der Waals surface area contributed by atoms with Gasteiger partial charge in [0.1, 0.15) is 5.75 Å². The largest absolute Gasteiger partial charge is 0.493 e. The van der Waals surface area contributed by atoms with Crippen LogP contribution >= 0.6 is 0 Å². The minimum absolute atomic E-state index is 0.133. The zero-order valence-electron chi connectivity index (χ0n) is 10.8. The summed E-state index contributed by atoms with van der Waals surface area (Å²) in [4.78, 5) is 0. The van der Waals surface area contributed by atoms with E-state index in [1.54, 1.807) is 0 Å². The van der Waals surface area contributed by atoms with E-state index >= 15 is 0 Å². The second kappa shape index (κ2) is 5.43. The lowest BCUT2D eigenvalue weighted by Gasteiger charge is -2.17. The first-order chi connectivity index (χ1) is 9.36. The Hall–Kier alpha value is -1.84. The Bertz CT molecular complexity index is 554. The Morgan fingerprint density at radius 2 is 2.00 bits per heavy atom. The topological polar surface area (TPSA) is 47.3 Å². The van der Waals surface area contributed by atoms with Crippen LogP contribution in [0.3, 0.4) is 0 Å². The summed E-state index contributed by atoms with van der Waals surface area (Å²) in [6.07, 6.45) is 1.88. The van der Waals surface area contributed by atoms with E-state index in [9.17, 15) is 0 Å². The average molecular weight is 254 g/mol. The molecule has 3 nitrogen and oxygen atoms in total. The lowest BCUT2D eigenvalue weighted by Crippen LogP contribution is -2.29. The van der Waals surface area contributed by atoms with Crippen LogP contribution in [0.2, 0.25) is 0 Å². The first-order valence-electron chi connectivity index (χ1n) is 6.62. The Balaban J connectivity index is 1.82. The van der Waals surface area contributed by atoms with Crippen LogP contribution in [0.15, 0.2) is 48.5 Å². The molecule has 98 valence electrons. The van der Waals surface area contributed by atoms with Gasteiger partial charge in [-0.15, -0.1) is 0 Å². The summed E-state index contributed by atoms with van der Waals surface area (Å²) in [6, 6.07) is 16.9. The molecular formula is C16H18N2O. The average Bonchev–Trinajstić information content (AvgIpc) is 2.93. The van der Waals surface area contributed by atoms with Gasteiger partial charge in [0, 0.05) is 12.5 Å². The minimum Gasteiger partial charge on any atom is -0.493 e. The number of hydrogen-bond acceptors (Lipinski definition) is 3. The van der Waals surface area contributed by atoms with Crippen molar-refractivity contribution in [1.29, 1.82) is 0 Å². The first kappa shape index (κ1) is 12.2. The normalized spacial score (nSPS) is 14.8. The van der Waals surface area contributed by atoms with Crippen molar-refractivity contribution in [3.63, 3.8) is 0 Å². The van der Waals surface area contributed by atoms with E-state index in [2.05, 4.69) is 41.8 Å². The van der Waals surface area contributed by atoms with E-state index < -0.39 is 0 Å². The van der Waals surface area contributed by atoms with Gasteiger partial charge >= 0.3 is 0 Å². The summed E-state index contributed by atoms with van der Waals surface area (Å²) in [5.41, 5.74) is 6.70. The summed E-state index contributed by atoms with van der Waals surface area (Å²) >= 11 is 0. The second-order valence-electron chi connectivity index (χ2n) is 4.87. The molecular weight excluding hydrogens is 236 g/mol. The molecule has 2 aromatic rings. The van der Waals surface area contributed by atoms with Crippen LogP contribution in [-0.2, 0) is 12.8 Å². The van der Waals surface area contributed by atoms with Crippen molar-refractivity contribution in [3.05, 3.63) is 65.2 Å². The summed E-state index contributed by atoms with van der Waals surface area (Å²) in [6.45, 7) is 0.790. The zero-order valence-corrected chi connectivity index (χ0v) is 10.8. The van der Waals surface area contributed by atoms with Crippen molar-refractivity contribution in [2.24, 2.45) is 5.84 Å². The number of hydrazine groups is 1. The van der Waals surface area contributed by atoms with Gasteiger partial charge in [-0.2, -0.15) is 0 Å². The highest BCUT2D eigenvalue weighted by atomic mass is 16.5. The number of hydrogen-bond donors (Lipinski definition) is 2. The highest BCUT2D eigenvalue weighted by Crippen LogP contribution is 2.29. The highest BCUT2D eigenvalue weighted by molar-refractivity contribution is 5.41. The van der Waals surface area contributed by atoms with E-state index in [4.69, 9.17) is 10.6 Å². The minimum atomic E-state index is 0.133. The van der Waals surface area contributed by atoms with Crippen molar-refractivity contribution in [2.75, 3.05) is 6.61 Å². The summed E-state index contributed by atoms with van der Waals surface area (Å²) in [7, 11) is 0. The number of rotatable bonds is 4. The third-order valence-corrected chi connectivity index (χ3v) is 3.60. The van der Waals surface area contributed by atoms with Gasteiger partial charge in [0.25, 0.3) is 0 Å². The fourth-order valence-electron chi connectivity index (χ4n) is 2.55. The van der Waals surface area contributed by atoms with Crippen LogP contribution in [0.1, 0.15) is 22.7 Å². The molecule has 0 bridgehead atoms. The Labute approximate surface area is 113 Å². The predicted octanol–water partition coefficient (Wildman–Crippen LogP) is 2.37. The van der Waals surface area contributed by atoms with Crippen LogP contribution in [0.25, 0.3) is 0 Å². The lowest BCUT2D eigenvalue weighted by molar-refractivity contribution is 0.356. The molecule has 1 aliphatic heterocycles. The highest BCUT2D eigenvalue weighted by Gasteiger charge is 2.16. The van der Waals surface area contributed by atoms with Crippen molar-refractivity contribution >= 4 is 0 Å². The molecule has 19 heavy (non-hydrogen) atoms. The number of fused-ring (bicyclic) bond motifs is 1. The number of benzene rings is 2. The van der Waals surface area contributed by atoms with Gasteiger partial charge in [-0.25, -0.2) is 0 Å². The van der Waals surface area contributed by atoms with Crippen molar-refractivity contribution < 1.29 is 4.74 Å². The molecule has 0 amide bonds. The van der Waals surface area contributed by atoms with Gasteiger partial charge in [0.15, 0.2) is 0 Å². The molecule has 0 fully saturated rings. The third-order valence-electron chi connectivity index (χ3n) is 3.60. The number of nitrogens with one attached hydrogen (secondary N) is 1. The summed E-state index contributed by atoms with van der Waals surface area (Å²) < 4.78 is 5.53. The fourth-order valence-corrected chi connectivity index (χ4v) is 2.55. The summed E-state index contributed by atoms with van der Waals surface area (Å²) in [5, 5.41) is 0. The molecule has 1 aliphatic rings. The van der Waals surface area contributed by atoms with E-state index in [1.165, 1.54) is 16.7 Å². The van der Waals surface area contributed by atoms with Crippen molar-refractivity contribution in [2.45, 2.75) is 18.9 Å². The second-order valence-corrected chi connectivity index (χ2v) is 4.87. The van der Waals surface area contributed by atoms with Gasteiger partial charge in [-0.1, -0.05) is 42.5 Å². The molecule has 1 unspecified atom stereocenters. The Kier molecular flexibility index (Phi) is 3.49. The number of nitrogens with two attached hydrogens (primary N) is 1. The van der Waals surface area contributed by atoms with Crippen LogP contribution in [0.4, 0.5) is 0 Å². The van der Waals surface area contributed by atoms with Gasteiger partial charge in [-0.05, 0) is 29.2 Å². The fraction of sp³-hybridized carbons (Fsp3) is 0.250. The van der Waals surface area contributed by atoms with Crippen molar-refractivity contribution in [3.8, 4) is 5.75 Å². The van der Waals surface area contributed by atoms with E-state index in [-0.39, 0.29) is 6.04 Å². The lowest BCUT2D eigenvalue weighted by atomic mass is 9.97. The summed E-state index contributed by atoms with van der Waals surface area (Å²) in [5.74, 6) is 6.73. The third kappa shape index (κ3) is 2.62. The van der Waals surface area contributed by atoms with Gasteiger partial charge in [-0.3, -0.25) is 11.3 Å². The molecule has 3 rings (SSSR count). The molecule has 2 aromatic carbocycles. The first-order valence-corrected chi connectivity index (χ1v) is 6.62. The maximum atomic E-state index is 5.72. The Morgan fingerprint density at radius 1 is 1.16 bits per heavy atom. The standard InChI is InChI=1S/C16H18N2O/c17-18-15(10-12-4-2-1-3-5-12)13-6-7-16-14(11-13)8-9-19-16/h1-7,11,15,18H,8-10,17H2. The SMILES string of the molecule is NNC(Cc1ccccc1)c1ccc2c(c1)CCO2. The molecule has 3 N–H and O–H groups in total. The van der Waals surface area contributed by atoms with E-state index in [1.807, 2.05) is 12.1 Å². The van der Waals surface area contributed by atoms with E-state index in [0.29, 0.717) is 0 Å². The molecule has 0 radical (unpaired) electrons. The van der Waals surface area contributed by atoms with Crippen molar-refractivity contribution in [1.82, 2.24) is 5.43 Å². The molecule has 0 aromatic heterocycles. The quantitative estimate of drug-likeness (QED) is 0.650. The van der Waals surface area contributed by atoms with Gasteiger partial charge < -0.3 is 4.74 Å². The van der Waals surface area contributed by atoms with Crippen LogP contribution in [0.5, 0.6) is 5.75 Å². The van der Waals surface area contributed by atoms with E-state index in [0.717, 1.165) is 25.2 Å². The molecule has 0 spiro atoms. The maximum Gasteiger partial charge on any atom is 0.122 e. The molecule has 0 aliphatic carbocycles. The predicted molar refractivity (Wildman–Crippen MR) is 75.9 cm³/mol. The smallest absolute Gasteiger partial charge is 0.122 e. The monoisotopic (exact) mass is 254 g/mol. The molecule has 0 saturated heterocycles. The Morgan fingerprint density at radius 3 is 2.79 bits per heavy atom. The van der Waals surface area contributed by atoms with Gasteiger partial charge in [0.2, 0.25) is 0 Å². The van der Waals surface area contributed by atoms with Crippen LogP contribution < -0.4 is 16.0 Å². The van der Waals surface area contributed by atoms with Crippen LogP contribution in [0, 0.1) is 0 Å². The molecule has 3 heteroatoms. The molecule has 1 atom stereocenters. The number of ether oxygens (including phenoxy) is 1. The zero-order chi connectivity index (χ0) is 13.1. The molecule has 1 heterocycles. The van der Waals surface area contributed by atoms with Crippen LogP contribution in [-0.4, -0.2) is 6.61 Å². The van der Waals surface area contributed by atoms with Gasteiger partial charge in [0.05, 0.1) is 6.61 Å². The molecule has 0 saturated carbocycles.